The number of carboxylic acids is 1. The van der Waals surface area contributed by atoms with Crippen LogP contribution in [0, 0.1) is 0 Å². The van der Waals surface area contributed by atoms with Crippen LogP contribution in [0.5, 0.6) is 0 Å². The van der Waals surface area contributed by atoms with E-state index in [1.807, 2.05) is 0 Å². The molecular formula is C12H13F3N4O2. The van der Waals surface area contributed by atoms with Crippen molar-refractivity contribution in [3.8, 4) is 0 Å². The van der Waals surface area contributed by atoms with Crippen molar-refractivity contribution in [2.24, 2.45) is 0 Å². The molecule has 0 radical (unpaired) electrons. The lowest BCUT2D eigenvalue weighted by atomic mass is 10.0. The number of nitrogens with one attached hydrogen (secondary N) is 1. The van der Waals surface area contributed by atoms with Crippen LogP contribution >= 0.6 is 0 Å². The highest BCUT2D eigenvalue weighted by Crippen LogP contribution is 2.30. The van der Waals surface area contributed by atoms with E-state index < -0.39 is 23.4 Å². The smallest absolute Gasteiger partial charge is 0.435 e. The van der Waals surface area contributed by atoms with Crippen LogP contribution in [-0.4, -0.2) is 31.2 Å². The van der Waals surface area contributed by atoms with Gasteiger partial charge in [0.1, 0.15) is 5.52 Å². The van der Waals surface area contributed by atoms with Crippen molar-refractivity contribution in [2.75, 3.05) is 5.32 Å². The monoisotopic (exact) mass is 302 g/mol. The molecule has 0 amide bonds. The lowest BCUT2D eigenvalue weighted by molar-refractivity contribution is -0.141. The molecule has 21 heavy (non-hydrogen) atoms. The molecule has 9 heteroatoms. The number of aromatic nitrogens is 3. The number of alkyl halides is 3. The van der Waals surface area contributed by atoms with E-state index in [1.165, 1.54) is 12.4 Å². The first kappa shape index (κ1) is 15.1. The predicted octanol–water partition coefficient (Wildman–Crippen LogP) is 2.41. The van der Waals surface area contributed by atoms with E-state index in [1.54, 1.807) is 13.8 Å². The number of hydrogen-bond donors (Lipinski definition) is 2. The zero-order chi connectivity index (χ0) is 15.8. The Bertz CT molecular complexity index is 679. The number of carboxylic acid groups (broad SMARTS) is 1. The first-order chi connectivity index (χ1) is 9.58. The van der Waals surface area contributed by atoms with Gasteiger partial charge in [-0.1, -0.05) is 0 Å². The molecule has 0 aliphatic carbocycles. The molecule has 0 saturated carbocycles. The number of fused-ring (bicyclic) bond motifs is 1. The van der Waals surface area contributed by atoms with Gasteiger partial charge in [-0.05, 0) is 13.8 Å². The van der Waals surface area contributed by atoms with Gasteiger partial charge in [0, 0.05) is 24.0 Å². The molecule has 0 aliphatic rings. The van der Waals surface area contributed by atoms with Gasteiger partial charge in [-0.2, -0.15) is 18.3 Å². The van der Waals surface area contributed by atoms with E-state index in [4.69, 9.17) is 5.11 Å². The third-order valence-corrected chi connectivity index (χ3v) is 2.73. The molecular weight excluding hydrogens is 289 g/mol. The minimum atomic E-state index is -4.56. The molecule has 2 rings (SSSR count). The Balaban J connectivity index is 2.41. The summed E-state index contributed by atoms with van der Waals surface area (Å²) in [6.07, 6.45) is -2.19. The van der Waals surface area contributed by atoms with Gasteiger partial charge >= 0.3 is 12.1 Å². The Labute approximate surface area is 117 Å². The summed E-state index contributed by atoms with van der Waals surface area (Å²) in [6, 6.07) is 0.867. The molecule has 2 N–H and O–H groups in total. The van der Waals surface area contributed by atoms with Gasteiger partial charge in [0.2, 0.25) is 0 Å². The van der Waals surface area contributed by atoms with Crippen LogP contribution < -0.4 is 5.32 Å². The molecule has 0 aromatic carbocycles. The number of carbonyl (C=O) groups is 1. The summed E-state index contributed by atoms with van der Waals surface area (Å²) in [5.41, 5.74) is -1.78. The number of rotatable bonds is 4. The topological polar surface area (TPSA) is 79.5 Å². The number of aliphatic carboxylic acids is 1. The van der Waals surface area contributed by atoms with Crippen LogP contribution in [0.4, 0.5) is 19.0 Å². The Hall–Kier alpha value is -2.32. The average molecular weight is 302 g/mol. The molecule has 0 aliphatic heterocycles. The van der Waals surface area contributed by atoms with E-state index in [0.717, 1.165) is 10.6 Å². The van der Waals surface area contributed by atoms with Crippen molar-refractivity contribution in [3.63, 3.8) is 0 Å². The molecule has 0 fully saturated rings. The molecule has 0 atom stereocenters. The second-order valence-corrected chi connectivity index (χ2v) is 5.21. The van der Waals surface area contributed by atoms with E-state index in [-0.39, 0.29) is 17.8 Å². The Morgan fingerprint density at radius 1 is 1.43 bits per heavy atom. The molecule has 0 spiro atoms. The Kier molecular flexibility index (Phi) is 3.52. The predicted molar refractivity (Wildman–Crippen MR) is 67.9 cm³/mol. The van der Waals surface area contributed by atoms with Crippen LogP contribution in [0.3, 0.4) is 0 Å². The largest absolute Gasteiger partial charge is 0.481 e. The Morgan fingerprint density at radius 3 is 2.67 bits per heavy atom. The number of nitrogens with zero attached hydrogens (tertiary/aromatic N) is 3. The molecule has 2 aromatic heterocycles. The summed E-state index contributed by atoms with van der Waals surface area (Å²) >= 11 is 0. The molecule has 6 nitrogen and oxygen atoms in total. The van der Waals surface area contributed by atoms with Crippen molar-refractivity contribution in [3.05, 3.63) is 24.2 Å². The summed E-state index contributed by atoms with van der Waals surface area (Å²) in [5, 5.41) is 15.1. The van der Waals surface area contributed by atoms with Gasteiger partial charge in [-0.25, -0.2) is 9.50 Å². The molecule has 2 heterocycles. The number of halogens is 3. The van der Waals surface area contributed by atoms with Crippen LogP contribution in [0.25, 0.3) is 5.52 Å². The van der Waals surface area contributed by atoms with E-state index in [2.05, 4.69) is 15.4 Å². The highest BCUT2D eigenvalue weighted by atomic mass is 19.4. The summed E-state index contributed by atoms with van der Waals surface area (Å²) in [5.74, 6) is -0.879. The fraction of sp³-hybridized carbons (Fsp3) is 0.417. The van der Waals surface area contributed by atoms with Crippen LogP contribution in [0.15, 0.2) is 18.5 Å². The summed E-state index contributed by atoms with van der Waals surface area (Å²) in [7, 11) is 0. The SMILES string of the molecule is CC(C)(CC(=O)O)Nc1nccn2nc(C(F)(F)F)cc12. The second-order valence-electron chi connectivity index (χ2n) is 5.21. The van der Waals surface area contributed by atoms with E-state index in [9.17, 15) is 18.0 Å². The zero-order valence-corrected chi connectivity index (χ0v) is 11.3. The fourth-order valence-corrected chi connectivity index (χ4v) is 1.90. The standard InChI is InChI=1S/C12H13F3N4O2/c1-11(2,6-9(20)21)17-10-7-5-8(12(13,14)15)18-19(7)4-3-16-10/h3-5H,6H2,1-2H3,(H,16,17)(H,20,21). The van der Waals surface area contributed by atoms with Gasteiger partial charge in [0.05, 0.1) is 6.42 Å². The van der Waals surface area contributed by atoms with Crippen molar-refractivity contribution in [2.45, 2.75) is 32.0 Å². The molecule has 2 aromatic rings. The molecule has 0 unspecified atom stereocenters. The van der Waals surface area contributed by atoms with Gasteiger partial charge in [0.15, 0.2) is 11.5 Å². The van der Waals surface area contributed by atoms with Gasteiger partial charge < -0.3 is 10.4 Å². The van der Waals surface area contributed by atoms with Gasteiger partial charge in [-0.15, -0.1) is 0 Å². The average Bonchev–Trinajstić information content (AvgIpc) is 2.70. The highest BCUT2D eigenvalue weighted by molar-refractivity contribution is 5.72. The van der Waals surface area contributed by atoms with Crippen molar-refractivity contribution >= 4 is 17.3 Å². The van der Waals surface area contributed by atoms with E-state index >= 15 is 0 Å². The zero-order valence-electron chi connectivity index (χ0n) is 11.3. The van der Waals surface area contributed by atoms with Crippen molar-refractivity contribution < 1.29 is 23.1 Å². The van der Waals surface area contributed by atoms with Crippen LogP contribution in [0.2, 0.25) is 0 Å². The maximum atomic E-state index is 12.7. The minimum absolute atomic E-state index is 0.128. The quantitative estimate of drug-likeness (QED) is 0.906. The van der Waals surface area contributed by atoms with Crippen LogP contribution in [0.1, 0.15) is 26.0 Å². The third kappa shape index (κ3) is 3.41. The maximum absolute atomic E-state index is 12.7. The van der Waals surface area contributed by atoms with Gasteiger partial charge in [-0.3, -0.25) is 4.79 Å². The number of hydrogen-bond acceptors (Lipinski definition) is 4. The second kappa shape index (κ2) is 4.90. The van der Waals surface area contributed by atoms with E-state index in [0.29, 0.717) is 0 Å². The van der Waals surface area contributed by atoms with Gasteiger partial charge in [0.25, 0.3) is 0 Å². The fourth-order valence-electron chi connectivity index (χ4n) is 1.90. The molecule has 0 bridgehead atoms. The molecule has 0 saturated heterocycles. The molecule has 114 valence electrons. The summed E-state index contributed by atoms with van der Waals surface area (Å²) < 4.78 is 39.1. The van der Waals surface area contributed by atoms with Crippen molar-refractivity contribution in [1.82, 2.24) is 14.6 Å². The maximum Gasteiger partial charge on any atom is 0.435 e. The normalized spacial score (nSPS) is 12.6. The summed E-state index contributed by atoms with van der Waals surface area (Å²) in [6.45, 7) is 3.24. The van der Waals surface area contributed by atoms with Crippen LogP contribution in [-0.2, 0) is 11.0 Å². The highest BCUT2D eigenvalue weighted by Gasteiger charge is 2.34. The minimum Gasteiger partial charge on any atom is -0.481 e. The lowest BCUT2D eigenvalue weighted by Gasteiger charge is -2.25. The lowest BCUT2D eigenvalue weighted by Crippen LogP contribution is -2.34. The van der Waals surface area contributed by atoms with Crippen molar-refractivity contribution in [1.29, 1.82) is 0 Å². The summed E-state index contributed by atoms with van der Waals surface area (Å²) in [4.78, 5) is 14.7. The Morgan fingerprint density at radius 2 is 2.10 bits per heavy atom. The third-order valence-electron chi connectivity index (χ3n) is 2.73. The first-order valence-corrected chi connectivity index (χ1v) is 6.00. The number of anilines is 1. The first-order valence-electron chi connectivity index (χ1n) is 6.00.